The molecule has 62 valence electrons. The van der Waals surface area contributed by atoms with Crippen LogP contribution in [-0.2, 0) is 4.74 Å². The van der Waals surface area contributed by atoms with Gasteiger partial charge in [0.1, 0.15) is 0 Å². The first-order valence-corrected chi connectivity index (χ1v) is 3.91. The zero-order valence-electron chi connectivity index (χ0n) is 7.42. The van der Waals surface area contributed by atoms with Gasteiger partial charge in [-0.15, -0.1) is 0 Å². The summed E-state index contributed by atoms with van der Waals surface area (Å²) in [6, 6.07) is 0.185. The van der Waals surface area contributed by atoms with E-state index in [4.69, 9.17) is 10.5 Å². The summed E-state index contributed by atoms with van der Waals surface area (Å²) in [5.74, 6) is 0.514. The van der Waals surface area contributed by atoms with Gasteiger partial charge in [-0.25, -0.2) is 0 Å². The molecule has 0 aromatic rings. The average molecular weight is 145 g/mol. The molecule has 2 N–H and O–H groups in total. The van der Waals surface area contributed by atoms with Crippen molar-refractivity contribution in [3.05, 3.63) is 0 Å². The van der Waals surface area contributed by atoms with E-state index in [1.165, 1.54) is 0 Å². The molecule has 1 unspecified atom stereocenters. The highest BCUT2D eigenvalue weighted by molar-refractivity contribution is 4.74. The van der Waals surface area contributed by atoms with Crippen molar-refractivity contribution < 1.29 is 4.74 Å². The van der Waals surface area contributed by atoms with Gasteiger partial charge >= 0.3 is 0 Å². The minimum Gasteiger partial charge on any atom is -0.380 e. The summed E-state index contributed by atoms with van der Waals surface area (Å²) in [4.78, 5) is 0. The normalized spacial score (nSPS) is 17.4. The molecule has 0 amide bonds. The van der Waals surface area contributed by atoms with E-state index in [1.807, 2.05) is 0 Å². The first kappa shape index (κ1) is 9.92. The molecular formula is C8H19NO. The lowest BCUT2D eigenvalue weighted by atomic mass is 9.98. The van der Waals surface area contributed by atoms with Crippen molar-refractivity contribution >= 4 is 0 Å². The monoisotopic (exact) mass is 145 g/mol. The molecule has 0 aliphatic heterocycles. The van der Waals surface area contributed by atoms with E-state index < -0.39 is 0 Å². The molecule has 2 atom stereocenters. The number of hydrogen-bond donors (Lipinski definition) is 1. The second kappa shape index (κ2) is 4.69. The van der Waals surface area contributed by atoms with E-state index >= 15 is 0 Å². The molecule has 0 aliphatic carbocycles. The molecule has 2 heteroatoms. The lowest BCUT2D eigenvalue weighted by Gasteiger charge is -2.24. The SMILES string of the molecule is CC[C@@H](N)C(OC)C(C)C. The van der Waals surface area contributed by atoms with Crippen molar-refractivity contribution in [1.29, 1.82) is 0 Å². The van der Waals surface area contributed by atoms with Crippen molar-refractivity contribution in [2.45, 2.75) is 39.3 Å². The maximum Gasteiger partial charge on any atom is 0.0744 e. The smallest absolute Gasteiger partial charge is 0.0744 e. The van der Waals surface area contributed by atoms with Gasteiger partial charge in [-0.3, -0.25) is 0 Å². The van der Waals surface area contributed by atoms with Gasteiger partial charge in [0.2, 0.25) is 0 Å². The molecule has 0 heterocycles. The molecular weight excluding hydrogens is 126 g/mol. The average Bonchev–Trinajstić information content (AvgIpc) is 1.88. The summed E-state index contributed by atoms with van der Waals surface area (Å²) in [5, 5.41) is 0. The first-order chi connectivity index (χ1) is 4.63. The van der Waals surface area contributed by atoms with E-state index in [9.17, 15) is 0 Å². The van der Waals surface area contributed by atoms with Crippen molar-refractivity contribution in [1.82, 2.24) is 0 Å². The Labute approximate surface area is 63.7 Å². The number of nitrogens with two attached hydrogens (primary N) is 1. The summed E-state index contributed by atoms with van der Waals surface area (Å²) in [7, 11) is 1.72. The lowest BCUT2D eigenvalue weighted by molar-refractivity contribution is 0.0431. The van der Waals surface area contributed by atoms with Crippen LogP contribution in [0, 0.1) is 5.92 Å². The Morgan fingerprint density at radius 2 is 1.90 bits per heavy atom. The van der Waals surface area contributed by atoms with Gasteiger partial charge in [0, 0.05) is 13.2 Å². The van der Waals surface area contributed by atoms with Gasteiger partial charge in [0.05, 0.1) is 6.10 Å². The maximum atomic E-state index is 5.80. The van der Waals surface area contributed by atoms with Crippen LogP contribution in [0.15, 0.2) is 0 Å². The third-order valence-corrected chi connectivity index (χ3v) is 1.82. The fourth-order valence-electron chi connectivity index (χ4n) is 1.17. The van der Waals surface area contributed by atoms with E-state index in [-0.39, 0.29) is 12.1 Å². The molecule has 0 spiro atoms. The van der Waals surface area contributed by atoms with Crippen molar-refractivity contribution in [2.75, 3.05) is 7.11 Å². The quantitative estimate of drug-likeness (QED) is 0.649. The Morgan fingerprint density at radius 1 is 1.40 bits per heavy atom. The number of methoxy groups -OCH3 is 1. The molecule has 0 saturated heterocycles. The Morgan fingerprint density at radius 3 is 2.00 bits per heavy atom. The molecule has 0 fully saturated rings. The largest absolute Gasteiger partial charge is 0.380 e. The van der Waals surface area contributed by atoms with Crippen LogP contribution in [-0.4, -0.2) is 19.3 Å². The zero-order chi connectivity index (χ0) is 8.15. The van der Waals surface area contributed by atoms with Crippen LogP contribution < -0.4 is 5.73 Å². The molecule has 2 nitrogen and oxygen atoms in total. The van der Waals surface area contributed by atoms with E-state index in [0.717, 1.165) is 6.42 Å². The maximum absolute atomic E-state index is 5.80. The highest BCUT2D eigenvalue weighted by Gasteiger charge is 2.18. The lowest BCUT2D eigenvalue weighted by Crippen LogP contribution is -2.39. The van der Waals surface area contributed by atoms with Gasteiger partial charge in [-0.05, 0) is 12.3 Å². The minimum absolute atomic E-state index is 0.185. The summed E-state index contributed by atoms with van der Waals surface area (Å²) in [5.41, 5.74) is 5.80. The van der Waals surface area contributed by atoms with Crippen LogP contribution in [0.4, 0.5) is 0 Å². The van der Waals surface area contributed by atoms with E-state index in [1.54, 1.807) is 7.11 Å². The Hall–Kier alpha value is -0.0800. The van der Waals surface area contributed by atoms with Crippen LogP contribution in [0.5, 0.6) is 0 Å². The second-order valence-electron chi connectivity index (χ2n) is 3.02. The highest BCUT2D eigenvalue weighted by Crippen LogP contribution is 2.10. The number of rotatable bonds is 4. The third kappa shape index (κ3) is 2.67. The predicted octanol–water partition coefficient (Wildman–Crippen LogP) is 1.39. The standard InChI is InChI=1S/C8H19NO/c1-5-7(9)8(10-4)6(2)3/h6-8H,5,9H2,1-4H3/t7-,8?/m1/s1. The van der Waals surface area contributed by atoms with Crippen LogP contribution in [0.25, 0.3) is 0 Å². The third-order valence-electron chi connectivity index (χ3n) is 1.82. The van der Waals surface area contributed by atoms with Crippen LogP contribution in [0.1, 0.15) is 27.2 Å². The fourth-order valence-corrected chi connectivity index (χ4v) is 1.17. The minimum atomic E-state index is 0.185. The number of hydrogen-bond acceptors (Lipinski definition) is 2. The molecule has 0 aromatic heterocycles. The highest BCUT2D eigenvalue weighted by atomic mass is 16.5. The summed E-state index contributed by atoms with van der Waals surface area (Å²) in [6.45, 7) is 6.34. The van der Waals surface area contributed by atoms with Crippen LogP contribution in [0.2, 0.25) is 0 Å². The fraction of sp³-hybridized carbons (Fsp3) is 1.00. The zero-order valence-corrected chi connectivity index (χ0v) is 7.42. The topological polar surface area (TPSA) is 35.2 Å². The predicted molar refractivity (Wildman–Crippen MR) is 43.9 cm³/mol. The molecule has 0 aromatic carbocycles. The Kier molecular flexibility index (Phi) is 4.65. The van der Waals surface area contributed by atoms with Gasteiger partial charge in [-0.2, -0.15) is 0 Å². The van der Waals surface area contributed by atoms with E-state index in [0.29, 0.717) is 5.92 Å². The van der Waals surface area contributed by atoms with Crippen LogP contribution >= 0.6 is 0 Å². The van der Waals surface area contributed by atoms with Gasteiger partial charge in [-0.1, -0.05) is 20.8 Å². The Balaban J connectivity index is 3.80. The summed E-state index contributed by atoms with van der Waals surface area (Å²) < 4.78 is 5.24. The Bertz CT molecular complexity index is 83.3. The van der Waals surface area contributed by atoms with Crippen molar-refractivity contribution in [2.24, 2.45) is 11.7 Å². The molecule has 0 rings (SSSR count). The van der Waals surface area contributed by atoms with Gasteiger partial charge in [0.25, 0.3) is 0 Å². The molecule has 0 aliphatic rings. The van der Waals surface area contributed by atoms with E-state index in [2.05, 4.69) is 20.8 Å². The van der Waals surface area contributed by atoms with Crippen LogP contribution in [0.3, 0.4) is 0 Å². The molecule has 0 bridgehead atoms. The molecule has 0 saturated carbocycles. The molecule has 10 heavy (non-hydrogen) atoms. The summed E-state index contributed by atoms with van der Waals surface area (Å²) in [6.07, 6.45) is 1.20. The number of ether oxygens (including phenoxy) is 1. The van der Waals surface area contributed by atoms with Gasteiger partial charge < -0.3 is 10.5 Å². The van der Waals surface area contributed by atoms with Gasteiger partial charge in [0.15, 0.2) is 0 Å². The van der Waals surface area contributed by atoms with Crippen molar-refractivity contribution in [3.8, 4) is 0 Å². The summed E-state index contributed by atoms with van der Waals surface area (Å²) >= 11 is 0. The first-order valence-electron chi connectivity index (χ1n) is 3.91. The van der Waals surface area contributed by atoms with Crippen molar-refractivity contribution in [3.63, 3.8) is 0 Å². The second-order valence-corrected chi connectivity index (χ2v) is 3.02. The molecule has 0 radical (unpaired) electrons.